The molecule has 0 amide bonds. The summed E-state index contributed by atoms with van der Waals surface area (Å²) < 4.78 is 2.42. The van der Waals surface area contributed by atoms with Gasteiger partial charge in [0.1, 0.15) is 0 Å². The van der Waals surface area contributed by atoms with Crippen LogP contribution >= 0.6 is 0 Å². The highest BCUT2D eigenvalue weighted by Gasteiger charge is 2.23. The summed E-state index contributed by atoms with van der Waals surface area (Å²) in [5.74, 6) is 0. The first-order valence-electron chi connectivity index (χ1n) is 27.4. The largest absolute Gasteiger partial charge is 0.310 e. The van der Waals surface area contributed by atoms with Crippen molar-refractivity contribution in [1.29, 1.82) is 0 Å². The summed E-state index contributed by atoms with van der Waals surface area (Å²) in [6.07, 6.45) is 0. The fourth-order valence-corrected chi connectivity index (χ4v) is 12.0. The van der Waals surface area contributed by atoms with E-state index in [0.717, 1.165) is 50.9 Å². The highest BCUT2D eigenvalue weighted by Crippen LogP contribution is 2.47. The zero-order chi connectivity index (χ0) is 53.0. The summed E-state index contributed by atoms with van der Waals surface area (Å²) in [7, 11) is 0. The van der Waals surface area contributed by atoms with Gasteiger partial charge in [-0.05, 0) is 162 Å². The summed E-state index contributed by atoms with van der Waals surface area (Å²) in [6.45, 7) is 6.85. The number of para-hydroxylation sites is 2. The van der Waals surface area contributed by atoms with E-state index < -0.39 is 0 Å². The number of hydrogen-bond acceptors (Lipinski definition) is 2. The first-order chi connectivity index (χ1) is 38.8. The average molecular weight is 1010 g/mol. The molecule has 0 spiro atoms. The summed E-state index contributed by atoms with van der Waals surface area (Å²) >= 11 is 0. The third kappa shape index (κ3) is 8.67. The Morgan fingerprint density at radius 2 is 0.620 bits per heavy atom. The van der Waals surface area contributed by atoms with E-state index in [1.54, 1.807) is 0 Å². The van der Waals surface area contributed by atoms with Crippen molar-refractivity contribution in [1.82, 2.24) is 4.57 Å². The lowest BCUT2D eigenvalue weighted by molar-refractivity contribution is 0.590. The Balaban J connectivity index is 1.03. The van der Waals surface area contributed by atoms with Crippen molar-refractivity contribution in [2.75, 3.05) is 9.80 Å². The van der Waals surface area contributed by atoms with Gasteiger partial charge in [-0.25, -0.2) is 0 Å². The minimum Gasteiger partial charge on any atom is -0.310 e. The molecule has 0 saturated carbocycles. The van der Waals surface area contributed by atoms with Gasteiger partial charge < -0.3 is 14.4 Å². The van der Waals surface area contributed by atoms with Crippen molar-refractivity contribution < 1.29 is 0 Å². The molecule has 0 aliphatic heterocycles. The number of anilines is 6. The van der Waals surface area contributed by atoms with Crippen molar-refractivity contribution >= 4 is 88.2 Å². The van der Waals surface area contributed by atoms with Gasteiger partial charge in [-0.15, -0.1) is 0 Å². The van der Waals surface area contributed by atoms with Gasteiger partial charge in [-0.3, -0.25) is 0 Å². The second-order valence-electron chi connectivity index (χ2n) is 21.8. The van der Waals surface area contributed by atoms with Crippen LogP contribution in [0.2, 0.25) is 0 Å². The molecule has 14 aromatic rings. The van der Waals surface area contributed by atoms with Gasteiger partial charge in [-0.2, -0.15) is 0 Å². The van der Waals surface area contributed by atoms with Crippen LogP contribution in [-0.2, 0) is 5.41 Å². The van der Waals surface area contributed by atoms with Crippen molar-refractivity contribution in [3.05, 3.63) is 297 Å². The summed E-state index contributed by atoms with van der Waals surface area (Å²) in [4.78, 5) is 4.90. The van der Waals surface area contributed by atoms with Gasteiger partial charge in [0, 0.05) is 50.6 Å². The number of aromatic nitrogens is 1. The number of benzene rings is 13. The van der Waals surface area contributed by atoms with E-state index in [1.807, 2.05) is 0 Å². The molecule has 0 aliphatic carbocycles. The lowest BCUT2D eigenvalue weighted by Gasteiger charge is -2.31. The maximum Gasteiger partial charge on any atom is 0.0541 e. The summed E-state index contributed by atoms with van der Waals surface area (Å²) in [5.41, 5.74) is 18.0. The topological polar surface area (TPSA) is 11.4 Å². The van der Waals surface area contributed by atoms with E-state index in [0.29, 0.717) is 0 Å². The highest BCUT2D eigenvalue weighted by molar-refractivity contribution is 6.26. The SMILES string of the molecule is CC(C)(C)c1ccc(-c2cc(N(c3ccc(-c4ccccc4)cc3)c3ccc(-c4ccccc4)cc3)cc(N(c3cccc(-n4c5ccccc5c5ccccc54)c3)c3ccc4c5ccccc5c5ccccc5c4c3)c2)cc1. The van der Waals surface area contributed by atoms with Gasteiger partial charge in [0.15, 0.2) is 0 Å². The van der Waals surface area contributed by atoms with Gasteiger partial charge in [0.25, 0.3) is 0 Å². The molecule has 13 aromatic carbocycles. The van der Waals surface area contributed by atoms with E-state index in [9.17, 15) is 0 Å². The predicted octanol–water partition coefficient (Wildman–Crippen LogP) is 21.5. The Labute approximate surface area is 462 Å². The van der Waals surface area contributed by atoms with Crippen molar-refractivity contribution in [2.24, 2.45) is 0 Å². The molecule has 3 heteroatoms. The fraction of sp³-hybridized carbons (Fsp3) is 0.0526. The van der Waals surface area contributed by atoms with Gasteiger partial charge in [0.05, 0.1) is 11.0 Å². The van der Waals surface area contributed by atoms with Crippen LogP contribution in [-0.4, -0.2) is 4.57 Å². The molecular formula is C76H57N3. The minimum atomic E-state index is 0.00390. The molecule has 0 aliphatic rings. The Bertz CT molecular complexity index is 4380. The molecule has 79 heavy (non-hydrogen) atoms. The molecule has 0 fully saturated rings. The number of hydrogen-bond donors (Lipinski definition) is 0. The van der Waals surface area contributed by atoms with Crippen LogP contribution < -0.4 is 9.80 Å². The molecule has 376 valence electrons. The van der Waals surface area contributed by atoms with Gasteiger partial charge in [-0.1, -0.05) is 227 Å². The summed E-state index contributed by atoms with van der Waals surface area (Å²) in [6, 6.07) is 107. The van der Waals surface area contributed by atoms with E-state index in [2.05, 4.69) is 326 Å². The molecule has 0 bridgehead atoms. The van der Waals surface area contributed by atoms with Crippen LogP contribution in [0.25, 0.3) is 93.2 Å². The van der Waals surface area contributed by atoms with Crippen molar-refractivity contribution in [3.8, 4) is 39.1 Å². The van der Waals surface area contributed by atoms with Crippen molar-refractivity contribution in [3.63, 3.8) is 0 Å². The normalized spacial score (nSPS) is 11.7. The molecule has 0 radical (unpaired) electrons. The molecule has 0 unspecified atom stereocenters. The van der Waals surface area contributed by atoms with E-state index in [4.69, 9.17) is 0 Å². The predicted molar refractivity (Wildman–Crippen MR) is 338 cm³/mol. The fourth-order valence-electron chi connectivity index (χ4n) is 12.0. The second kappa shape index (κ2) is 19.6. The zero-order valence-corrected chi connectivity index (χ0v) is 44.6. The van der Waals surface area contributed by atoms with E-state index in [1.165, 1.54) is 81.9 Å². The lowest BCUT2D eigenvalue weighted by Crippen LogP contribution is -2.14. The van der Waals surface area contributed by atoms with Gasteiger partial charge in [0.2, 0.25) is 0 Å². The molecule has 0 N–H and O–H groups in total. The van der Waals surface area contributed by atoms with Crippen LogP contribution in [0.15, 0.2) is 291 Å². The maximum atomic E-state index is 2.48. The third-order valence-corrected chi connectivity index (χ3v) is 15.9. The zero-order valence-electron chi connectivity index (χ0n) is 44.6. The Morgan fingerprint density at radius 3 is 1.13 bits per heavy atom. The molecular weight excluding hydrogens is 955 g/mol. The smallest absolute Gasteiger partial charge is 0.0541 e. The highest BCUT2D eigenvalue weighted by atomic mass is 15.2. The standard InChI is InChI=1S/C76H57N3/c1-76(2,3)58-39-33-56(34-40-58)57-47-64(77(59-41-35-54(36-42-59)52-19-6-4-7-20-52)60-43-37-55(38-44-60)53-21-8-5-9-22-53)50-65(48-57)78(63-45-46-70-68-27-11-10-25-66(68)67-26-12-13-28-69(67)73(70)51-63)61-23-18-24-62(49-61)79-74-31-16-14-29-71(74)72-30-15-17-32-75(72)79/h4-51H,1-3H3. The second-order valence-corrected chi connectivity index (χ2v) is 21.8. The molecule has 1 aromatic heterocycles. The minimum absolute atomic E-state index is 0.00390. The Morgan fingerprint density at radius 1 is 0.241 bits per heavy atom. The van der Waals surface area contributed by atoms with Crippen LogP contribution in [0, 0.1) is 0 Å². The molecule has 1 heterocycles. The van der Waals surface area contributed by atoms with Crippen molar-refractivity contribution in [2.45, 2.75) is 26.2 Å². The molecule has 14 rings (SSSR count). The summed E-state index contributed by atoms with van der Waals surface area (Å²) in [5, 5.41) is 9.90. The number of rotatable bonds is 10. The number of fused-ring (bicyclic) bond motifs is 9. The Hall–Kier alpha value is -9.96. The Kier molecular flexibility index (Phi) is 11.8. The quantitative estimate of drug-likeness (QED) is 0.127. The van der Waals surface area contributed by atoms with E-state index >= 15 is 0 Å². The first-order valence-corrected chi connectivity index (χ1v) is 27.4. The van der Waals surface area contributed by atoms with Crippen LogP contribution in [0.4, 0.5) is 34.1 Å². The number of nitrogens with zero attached hydrogens (tertiary/aromatic N) is 3. The van der Waals surface area contributed by atoms with Gasteiger partial charge >= 0.3 is 0 Å². The van der Waals surface area contributed by atoms with Crippen LogP contribution in [0.1, 0.15) is 26.3 Å². The average Bonchev–Trinajstić information content (AvgIpc) is 4.03. The lowest BCUT2D eigenvalue weighted by atomic mass is 9.86. The molecule has 0 saturated heterocycles. The molecule has 3 nitrogen and oxygen atoms in total. The molecule has 0 atom stereocenters. The van der Waals surface area contributed by atoms with Crippen LogP contribution in [0.3, 0.4) is 0 Å². The third-order valence-electron chi connectivity index (χ3n) is 15.9. The first kappa shape index (κ1) is 47.5. The maximum absolute atomic E-state index is 2.48. The van der Waals surface area contributed by atoms with Crippen LogP contribution in [0.5, 0.6) is 0 Å². The van der Waals surface area contributed by atoms with E-state index in [-0.39, 0.29) is 5.41 Å². The monoisotopic (exact) mass is 1010 g/mol.